The first-order chi connectivity index (χ1) is 14.5. The minimum atomic E-state index is -0.746. The van der Waals surface area contributed by atoms with Crippen LogP contribution in [-0.2, 0) is 9.53 Å². The number of esters is 1. The minimum absolute atomic E-state index is 0.327. The number of carbonyl (C=O) groups excluding carboxylic acids is 2. The molecule has 0 aliphatic heterocycles. The first-order valence-electron chi connectivity index (χ1n) is 11.1. The Morgan fingerprint density at radius 3 is 1.90 bits per heavy atom. The van der Waals surface area contributed by atoms with Crippen LogP contribution < -0.4 is 5.32 Å². The molecule has 1 atom stereocenters. The van der Waals surface area contributed by atoms with E-state index in [4.69, 9.17) is 17.6 Å². The molecular formula is C26H35NO3. The molecule has 1 aromatic carbocycles. The third-order valence-electron chi connectivity index (χ3n) is 4.97. The van der Waals surface area contributed by atoms with Gasteiger partial charge in [0.15, 0.2) is 0 Å². The van der Waals surface area contributed by atoms with Crippen molar-refractivity contribution < 1.29 is 14.3 Å². The van der Waals surface area contributed by atoms with Crippen LogP contribution in [0.1, 0.15) is 99.5 Å². The second-order valence-electron chi connectivity index (χ2n) is 7.63. The van der Waals surface area contributed by atoms with Crippen LogP contribution in [0.4, 0.5) is 0 Å². The van der Waals surface area contributed by atoms with Gasteiger partial charge in [-0.1, -0.05) is 76.6 Å². The SMILES string of the molecule is C#Cc1cc(C#C)cc(C(=O)N[C@@H](C)C(=O)OCCCCCCCCCCCC)c1. The van der Waals surface area contributed by atoms with Crippen LogP contribution in [0, 0.1) is 24.7 Å². The van der Waals surface area contributed by atoms with Crippen molar-refractivity contribution in [2.45, 2.75) is 84.1 Å². The summed E-state index contributed by atoms with van der Waals surface area (Å²) >= 11 is 0. The molecule has 1 aromatic rings. The van der Waals surface area contributed by atoms with Gasteiger partial charge in [-0.15, -0.1) is 12.8 Å². The van der Waals surface area contributed by atoms with Gasteiger partial charge in [-0.2, -0.15) is 0 Å². The molecule has 0 aliphatic rings. The summed E-state index contributed by atoms with van der Waals surface area (Å²) in [5.41, 5.74) is 1.37. The van der Waals surface area contributed by atoms with Crippen molar-refractivity contribution in [2.75, 3.05) is 6.61 Å². The van der Waals surface area contributed by atoms with Gasteiger partial charge in [0.25, 0.3) is 5.91 Å². The predicted molar refractivity (Wildman–Crippen MR) is 122 cm³/mol. The standard InChI is InChI=1S/C26H35NO3/c1-5-8-9-10-11-12-13-14-15-16-17-30-26(29)21(4)27-25(28)24-19-22(6-2)18-23(7-3)20-24/h2-3,18-21H,5,8-17H2,1,4H3,(H,27,28)/t21-/m0/s1. The molecule has 1 N–H and O–H groups in total. The van der Waals surface area contributed by atoms with E-state index in [0.29, 0.717) is 23.3 Å². The molecule has 4 heteroatoms. The van der Waals surface area contributed by atoms with Crippen LogP contribution >= 0.6 is 0 Å². The molecule has 0 saturated heterocycles. The lowest BCUT2D eigenvalue weighted by atomic mass is 10.1. The summed E-state index contributed by atoms with van der Waals surface area (Å²) in [6, 6.07) is 4.04. The summed E-state index contributed by atoms with van der Waals surface area (Å²) < 4.78 is 5.28. The highest BCUT2D eigenvalue weighted by Gasteiger charge is 2.18. The Kier molecular flexibility index (Phi) is 12.8. The van der Waals surface area contributed by atoms with Gasteiger partial charge < -0.3 is 10.1 Å². The third kappa shape index (κ3) is 10.2. The fourth-order valence-corrected chi connectivity index (χ4v) is 3.15. The van der Waals surface area contributed by atoms with Crippen molar-refractivity contribution in [3.8, 4) is 24.7 Å². The summed E-state index contributed by atoms with van der Waals surface area (Å²) in [6.07, 6.45) is 23.0. The highest BCUT2D eigenvalue weighted by molar-refractivity contribution is 5.97. The normalized spacial score (nSPS) is 11.2. The zero-order chi connectivity index (χ0) is 22.2. The molecular weight excluding hydrogens is 374 g/mol. The van der Waals surface area contributed by atoms with Gasteiger partial charge >= 0.3 is 5.97 Å². The number of nitrogens with one attached hydrogen (secondary N) is 1. The minimum Gasteiger partial charge on any atom is -0.464 e. The fourth-order valence-electron chi connectivity index (χ4n) is 3.15. The fraction of sp³-hybridized carbons (Fsp3) is 0.538. The Balaban J connectivity index is 2.24. The van der Waals surface area contributed by atoms with Crippen LogP contribution in [-0.4, -0.2) is 24.5 Å². The van der Waals surface area contributed by atoms with Gasteiger partial charge in [-0.3, -0.25) is 4.79 Å². The van der Waals surface area contributed by atoms with Crippen LogP contribution in [0.25, 0.3) is 0 Å². The third-order valence-corrected chi connectivity index (χ3v) is 4.97. The number of unbranched alkanes of at least 4 members (excludes halogenated alkanes) is 9. The molecule has 0 fully saturated rings. The van der Waals surface area contributed by atoms with Gasteiger partial charge in [0.05, 0.1) is 6.61 Å². The summed E-state index contributed by atoms with van der Waals surface area (Å²) in [4.78, 5) is 24.5. The molecule has 4 nitrogen and oxygen atoms in total. The van der Waals surface area contributed by atoms with Crippen molar-refractivity contribution in [1.82, 2.24) is 5.32 Å². The second-order valence-corrected chi connectivity index (χ2v) is 7.63. The molecule has 0 heterocycles. The molecule has 0 bridgehead atoms. The number of rotatable bonds is 14. The predicted octanol–water partition coefficient (Wildman–Crippen LogP) is 5.23. The Labute approximate surface area is 182 Å². The van der Waals surface area contributed by atoms with E-state index < -0.39 is 17.9 Å². The Morgan fingerprint density at radius 1 is 0.900 bits per heavy atom. The summed E-state index contributed by atoms with van der Waals surface area (Å²) in [5, 5.41) is 2.64. The molecule has 162 valence electrons. The van der Waals surface area contributed by atoms with E-state index in [1.165, 1.54) is 51.4 Å². The average Bonchev–Trinajstić information content (AvgIpc) is 2.76. The first-order valence-corrected chi connectivity index (χ1v) is 11.1. The molecule has 0 radical (unpaired) electrons. The molecule has 0 aliphatic carbocycles. The van der Waals surface area contributed by atoms with Gasteiger partial charge in [-0.25, -0.2) is 4.79 Å². The van der Waals surface area contributed by atoms with Crippen molar-refractivity contribution in [1.29, 1.82) is 0 Å². The maximum atomic E-state index is 12.4. The van der Waals surface area contributed by atoms with Crippen LogP contribution in [0.15, 0.2) is 18.2 Å². The van der Waals surface area contributed by atoms with Crippen molar-refractivity contribution in [2.24, 2.45) is 0 Å². The summed E-state index contributed by atoms with van der Waals surface area (Å²) in [5.74, 6) is 4.09. The summed E-state index contributed by atoms with van der Waals surface area (Å²) in [7, 11) is 0. The zero-order valence-corrected chi connectivity index (χ0v) is 18.5. The zero-order valence-electron chi connectivity index (χ0n) is 18.5. The van der Waals surface area contributed by atoms with Crippen LogP contribution in [0.3, 0.4) is 0 Å². The molecule has 0 aromatic heterocycles. The first kappa shape index (κ1) is 25.3. The van der Waals surface area contributed by atoms with E-state index in [1.807, 2.05) is 0 Å². The smallest absolute Gasteiger partial charge is 0.328 e. The van der Waals surface area contributed by atoms with E-state index in [2.05, 4.69) is 24.1 Å². The second kappa shape index (κ2) is 15.2. The number of hydrogen-bond donors (Lipinski definition) is 1. The highest BCUT2D eigenvalue weighted by atomic mass is 16.5. The topological polar surface area (TPSA) is 55.4 Å². The number of carbonyl (C=O) groups is 2. The molecule has 0 saturated carbocycles. The number of hydrogen-bond acceptors (Lipinski definition) is 3. The Bertz CT molecular complexity index is 722. The van der Waals surface area contributed by atoms with E-state index >= 15 is 0 Å². The highest BCUT2D eigenvalue weighted by Crippen LogP contribution is 2.11. The van der Waals surface area contributed by atoms with Crippen molar-refractivity contribution in [3.05, 3.63) is 34.9 Å². The van der Waals surface area contributed by atoms with Gasteiger partial charge in [-0.05, 0) is 31.5 Å². The van der Waals surface area contributed by atoms with E-state index in [-0.39, 0.29) is 0 Å². The van der Waals surface area contributed by atoms with E-state index in [9.17, 15) is 9.59 Å². The van der Waals surface area contributed by atoms with Crippen LogP contribution in [0.2, 0.25) is 0 Å². The molecule has 30 heavy (non-hydrogen) atoms. The Hall–Kier alpha value is -2.72. The maximum Gasteiger partial charge on any atom is 0.328 e. The lowest BCUT2D eigenvalue weighted by Gasteiger charge is -2.14. The lowest BCUT2D eigenvalue weighted by Crippen LogP contribution is -2.39. The largest absolute Gasteiger partial charge is 0.464 e. The molecule has 1 amide bonds. The van der Waals surface area contributed by atoms with Crippen molar-refractivity contribution >= 4 is 11.9 Å². The molecule has 0 unspecified atom stereocenters. The number of amides is 1. The monoisotopic (exact) mass is 409 g/mol. The van der Waals surface area contributed by atoms with Gasteiger partial charge in [0.1, 0.15) is 6.04 Å². The summed E-state index contributed by atoms with van der Waals surface area (Å²) in [6.45, 7) is 4.21. The average molecular weight is 410 g/mol. The van der Waals surface area contributed by atoms with Gasteiger partial charge in [0.2, 0.25) is 0 Å². The lowest BCUT2D eigenvalue weighted by molar-refractivity contribution is -0.145. The number of benzene rings is 1. The number of ether oxygens (including phenoxy) is 1. The Morgan fingerprint density at radius 2 is 1.40 bits per heavy atom. The van der Waals surface area contributed by atoms with Crippen molar-refractivity contribution in [3.63, 3.8) is 0 Å². The quantitative estimate of drug-likeness (QED) is 0.260. The maximum absolute atomic E-state index is 12.4. The molecule has 1 rings (SSSR count). The van der Waals surface area contributed by atoms with E-state index in [1.54, 1.807) is 25.1 Å². The van der Waals surface area contributed by atoms with Crippen LogP contribution in [0.5, 0.6) is 0 Å². The van der Waals surface area contributed by atoms with Gasteiger partial charge in [0, 0.05) is 16.7 Å². The molecule has 0 spiro atoms. The number of terminal acetylenes is 2. The van der Waals surface area contributed by atoms with E-state index in [0.717, 1.165) is 12.8 Å².